The van der Waals surface area contributed by atoms with Crippen molar-refractivity contribution in [3.63, 3.8) is 0 Å². The quantitative estimate of drug-likeness (QED) is 0.687. The Balaban J connectivity index is 2.27. The van der Waals surface area contributed by atoms with Crippen LogP contribution in [0.1, 0.15) is 22.3 Å². The zero-order chi connectivity index (χ0) is 10.8. The lowest BCUT2D eigenvalue weighted by Crippen LogP contribution is -1.96. The van der Waals surface area contributed by atoms with Gasteiger partial charge in [0.2, 0.25) is 0 Å². The van der Waals surface area contributed by atoms with Crippen LogP contribution in [0, 0.1) is 13.8 Å². The van der Waals surface area contributed by atoms with E-state index in [1.165, 1.54) is 22.3 Å². The number of hydrogen-bond acceptors (Lipinski definition) is 2. The highest BCUT2D eigenvalue weighted by Crippen LogP contribution is 2.36. The third-order valence-electron chi connectivity index (χ3n) is 2.79. The molecule has 0 aromatic heterocycles. The van der Waals surface area contributed by atoms with Crippen molar-refractivity contribution in [2.24, 2.45) is 0 Å². The fourth-order valence-electron chi connectivity index (χ4n) is 1.71. The molecule has 0 atom stereocenters. The highest BCUT2D eigenvalue weighted by Gasteiger charge is 2.16. The Morgan fingerprint density at radius 3 is 2.00 bits per heavy atom. The molecular formula is C12H15ClS2. The van der Waals surface area contributed by atoms with Crippen molar-refractivity contribution in [2.45, 2.75) is 29.9 Å². The summed E-state index contributed by atoms with van der Waals surface area (Å²) in [6.45, 7) is 4.38. The molecule has 0 aliphatic carbocycles. The van der Waals surface area contributed by atoms with Crippen molar-refractivity contribution in [2.75, 3.05) is 5.88 Å². The Kier molecular flexibility index (Phi) is 3.92. The summed E-state index contributed by atoms with van der Waals surface area (Å²) in [5, 5.41) is 0. The molecule has 0 amide bonds. The first kappa shape index (κ1) is 11.7. The number of rotatable bonds is 1. The van der Waals surface area contributed by atoms with Crippen LogP contribution in [0.3, 0.4) is 0 Å². The van der Waals surface area contributed by atoms with Gasteiger partial charge in [-0.1, -0.05) is 12.1 Å². The molecule has 1 aliphatic heterocycles. The first-order valence-electron chi connectivity index (χ1n) is 5.09. The molecule has 0 saturated carbocycles. The third kappa shape index (κ3) is 2.66. The third-order valence-corrected chi connectivity index (χ3v) is 6.31. The molecule has 0 nitrogen and oxygen atoms in total. The molecule has 15 heavy (non-hydrogen) atoms. The fraction of sp³-hybridized carbons (Fsp3) is 0.500. The van der Waals surface area contributed by atoms with Crippen LogP contribution in [0.2, 0.25) is 0 Å². The Morgan fingerprint density at radius 1 is 1.13 bits per heavy atom. The number of aryl methyl sites for hydroxylation is 2. The summed E-state index contributed by atoms with van der Waals surface area (Å²) >= 11 is 9.86. The molecule has 0 radical (unpaired) electrons. The summed E-state index contributed by atoms with van der Waals surface area (Å²) in [4.78, 5) is 0. The number of fused-ring (bicyclic) bond motifs is 1. The van der Waals surface area contributed by atoms with Crippen LogP contribution in [0.25, 0.3) is 0 Å². The molecule has 0 saturated heterocycles. The molecule has 3 heteroatoms. The maximum absolute atomic E-state index is 5.92. The van der Waals surface area contributed by atoms with E-state index in [4.69, 9.17) is 11.6 Å². The van der Waals surface area contributed by atoms with E-state index in [9.17, 15) is 0 Å². The van der Waals surface area contributed by atoms with E-state index in [0.29, 0.717) is 4.58 Å². The first-order chi connectivity index (χ1) is 7.20. The lowest BCUT2D eigenvalue weighted by molar-refractivity contribution is 1.22. The van der Waals surface area contributed by atoms with Crippen LogP contribution in [0.5, 0.6) is 0 Å². The topological polar surface area (TPSA) is 0 Å². The average Bonchev–Trinajstić information content (AvgIpc) is 2.42. The van der Waals surface area contributed by atoms with Gasteiger partial charge < -0.3 is 0 Å². The normalized spacial score (nSPS) is 17.3. The summed E-state index contributed by atoms with van der Waals surface area (Å²) in [5.41, 5.74) is 5.82. The molecule has 1 aromatic carbocycles. The van der Waals surface area contributed by atoms with Crippen molar-refractivity contribution in [3.8, 4) is 0 Å². The molecular weight excluding hydrogens is 244 g/mol. The number of alkyl halides is 1. The average molecular weight is 259 g/mol. The van der Waals surface area contributed by atoms with Crippen LogP contribution in [-0.4, -0.2) is 10.5 Å². The fourth-order valence-corrected chi connectivity index (χ4v) is 4.48. The van der Waals surface area contributed by atoms with Gasteiger partial charge in [0.25, 0.3) is 0 Å². The van der Waals surface area contributed by atoms with Crippen LogP contribution < -0.4 is 0 Å². The van der Waals surface area contributed by atoms with Crippen molar-refractivity contribution in [1.29, 1.82) is 0 Å². The largest absolute Gasteiger partial charge is 0.142 e. The zero-order valence-corrected chi connectivity index (χ0v) is 11.4. The van der Waals surface area contributed by atoms with E-state index in [1.807, 2.05) is 23.5 Å². The first-order valence-corrected chi connectivity index (χ1v) is 7.72. The second-order valence-corrected chi connectivity index (χ2v) is 6.90. The molecule has 0 N–H and O–H groups in total. The molecule has 1 aromatic rings. The standard InChI is InChI=1S/C12H15ClS2/c1-8-3-10-6-14-12(5-13)15-7-11(10)4-9(8)2/h3-4,12H,5-7H2,1-2H3. The maximum atomic E-state index is 5.92. The predicted octanol–water partition coefficient (Wildman–Crippen LogP) is 4.35. The van der Waals surface area contributed by atoms with Crippen molar-refractivity contribution in [1.82, 2.24) is 0 Å². The Morgan fingerprint density at radius 2 is 1.60 bits per heavy atom. The molecule has 1 heterocycles. The number of halogens is 1. The van der Waals surface area contributed by atoms with Gasteiger partial charge in [-0.15, -0.1) is 35.1 Å². The van der Waals surface area contributed by atoms with Crippen LogP contribution >= 0.6 is 35.1 Å². The van der Waals surface area contributed by atoms with Gasteiger partial charge in [-0.2, -0.15) is 0 Å². The van der Waals surface area contributed by atoms with Gasteiger partial charge in [0.15, 0.2) is 0 Å². The summed E-state index contributed by atoms with van der Waals surface area (Å²) < 4.78 is 0.555. The minimum Gasteiger partial charge on any atom is -0.142 e. The van der Waals surface area contributed by atoms with Gasteiger partial charge >= 0.3 is 0 Å². The SMILES string of the molecule is Cc1cc2c(cc1C)CSC(CCl)SC2. The van der Waals surface area contributed by atoms with Crippen molar-refractivity contribution in [3.05, 3.63) is 34.4 Å². The van der Waals surface area contributed by atoms with Crippen LogP contribution in [-0.2, 0) is 11.5 Å². The lowest BCUT2D eigenvalue weighted by atomic mass is 10.0. The summed E-state index contributed by atoms with van der Waals surface area (Å²) in [6, 6.07) is 4.68. The van der Waals surface area contributed by atoms with E-state index in [0.717, 1.165) is 17.4 Å². The zero-order valence-electron chi connectivity index (χ0n) is 9.05. The molecule has 1 aliphatic rings. The minimum atomic E-state index is 0.555. The van der Waals surface area contributed by atoms with E-state index < -0.39 is 0 Å². The van der Waals surface area contributed by atoms with Crippen LogP contribution in [0.15, 0.2) is 12.1 Å². The Hall–Kier alpha value is 0.210. The summed E-state index contributed by atoms with van der Waals surface area (Å²) in [5.74, 6) is 2.98. The Labute approximate surface area is 105 Å². The molecule has 2 rings (SSSR count). The number of benzene rings is 1. The molecule has 82 valence electrons. The molecule has 0 spiro atoms. The van der Waals surface area contributed by atoms with Gasteiger partial charge in [-0.3, -0.25) is 0 Å². The monoisotopic (exact) mass is 258 g/mol. The van der Waals surface area contributed by atoms with E-state index in [1.54, 1.807) is 0 Å². The van der Waals surface area contributed by atoms with Gasteiger partial charge in [0.05, 0.1) is 4.58 Å². The van der Waals surface area contributed by atoms with Gasteiger partial charge in [-0.05, 0) is 36.1 Å². The Bertz CT molecular complexity index is 330. The molecule has 0 unspecified atom stereocenters. The molecule has 0 fully saturated rings. The summed E-state index contributed by atoms with van der Waals surface area (Å²) in [6.07, 6.45) is 0. The van der Waals surface area contributed by atoms with Gasteiger partial charge in [0, 0.05) is 17.4 Å². The van der Waals surface area contributed by atoms with E-state index in [2.05, 4.69) is 26.0 Å². The predicted molar refractivity (Wildman–Crippen MR) is 73.0 cm³/mol. The lowest BCUT2D eigenvalue weighted by Gasteiger charge is -2.08. The smallest absolute Gasteiger partial charge is 0.0644 e. The van der Waals surface area contributed by atoms with E-state index in [-0.39, 0.29) is 0 Å². The van der Waals surface area contributed by atoms with Gasteiger partial charge in [0.1, 0.15) is 0 Å². The van der Waals surface area contributed by atoms with Crippen molar-refractivity contribution < 1.29 is 0 Å². The van der Waals surface area contributed by atoms with Crippen LogP contribution in [0.4, 0.5) is 0 Å². The minimum absolute atomic E-state index is 0.555. The van der Waals surface area contributed by atoms with Crippen molar-refractivity contribution >= 4 is 35.1 Å². The number of hydrogen-bond donors (Lipinski definition) is 0. The summed E-state index contributed by atoms with van der Waals surface area (Å²) in [7, 11) is 0. The molecule has 0 bridgehead atoms. The van der Waals surface area contributed by atoms with Gasteiger partial charge in [-0.25, -0.2) is 0 Å². The highest BCUT2D eigenvalue weighted by molar-refractivity contribution is 8.16. The second-order valence-electron chi connectivity index (χ2n) is 3.91. The second kappa shape index (κ2) is 5.03. The number of thioether (sulfide) groups is 2. The highest BCUT2D eigenvalue weighted by atomic mass is 35.5. The maximum Gasteiger partial charge on any atom is 0.0644 e. The van der Waals surface area contributed by atoms with E-state index >= 15 is 0 Å².